The second-order valence-electron chi connectivity index (χ2n) is 5.57. The minimum Gasteiger partial charge on any atom is -0.305 e. The van der Waals surface area contributed by atoms with Crippen molar-refractivity contribution in [3.05, 3.63) is 65.2 Å². The maximum Gasteiger partial charge on any atom is 0.277 e. The first kappa shape index (κ1) is 15.0. The standard InChI is InChI=1S/C18H14FN3OS/c19-13-7-5-12(6-8-13)17-21-15(11-24-17)18(23)22-10-2-3-14-16(22)4-1-9-20-14/h1,4-9,11H,2-3,10H2. The second kappa shape index (κ2) is 6.13. The molecule has 1 aromatic carbocycles. The van der Waals surface area contributed by atoms with Gasteiger partial charge in [-0.15, -0.1) is 11.3 Å². The minimum absolute atomic E-state index is 0.117. The Balaban J connectivity index is 1.63. The van der Waals surface area contributed by atoms with Gasteiger partial charge in [0.25, 0.3) is 5.91 Å². The summed E-state index contributed by atoms with van der Waals surface area (Å²) in [6.07, 6.45) is 3.53. The van der Waals surface area contributed by atoms with Crippen LogP contribution in [0.25, 0.3) is 10.6 Å². The highest BCUT2D eigenvalue weighted by Crippen LogP contribution is 2.29. The first-order valence-corrected chi connectivity index (χ1v) is 8.57. The number of aromatic nitrogens is 2. The normalized spacial score (nSPS) is 13.6. The van der Waals surface area contributed by atoms with Crippen LogP contribution in [0, 0.1) is 5.82 Å². The van der Waals surface area contributed by atoms with E-state index >= 15 is 0 Å². The third kappa shape index (κ3) is 2.69. The lowest BCUT2D eigenvalue weighted by Crippen LogP contribution is -2.36. The van der Waals surface area contributed by atoms with E-state index in [0.29, 0.717) is 17.2 Å². The number of hydrogen-bond acceptors (Lipinski definition) is 4. The largest absolute Gasteiger partial charge is 0.305 e. The molecular formula is C18H14FN3OS. The average Bonchev–Trinajstić information content (AvgIpc) is 3.11. The second-order valence-corrected chi connectivity index (χ2v) is 6.43. The van der Waals surface area contributed by atoms with E-state index in [-0.39, 0.29) is 11.7 Å². The zero-order valence-corrected chi connectivity index (χ0v) is 13.6. The number of aryl methyl sites for hydroxylation is 1. The van der Waals surface area contributed by atoms with Crippen molar-refractivity contribution in [1.82, 2.24) is 9.97 Å². The SMILES string of the molecule is O=C(c1csc(-c2ccc(F)cc2)n1)N1CCCc2ncccc21. The third-order valence-corrected chi connectivity index (χ3v) is 4.90. The number of halogens is 1. The van der Waals surface area contributed by atoms with Gasteiger partial charge in [-0.3, -0.25) is 9.78 Å². The number of hydrogen-bond donors (Lipinski definition) is 0. The number of fused-ring (bicyclic) bond motifs is 1. The molecule has 4 rings (SSSR count). The molecule has 0 bridgehead atoms. The Kier molecular flexibility index (Phi) is 3.82. The molecule has 0 aliphatic carbocycles. The number of carbonyl (C=O) groups excluding carboxylic acids is 1. The quantitative estimate of drug-likeness (QED) is 0.710. The van der Waals surface area contributed by atoms with E-state index < -0.39 is 0 Å². The zero-order valence-electron chi connectivity index (χ0n) is 12.8. The van der Waals surface area contributed by atoms with E-state index in [1.807, 2.05) is 12.1 Å². The summed E-state index contributed by atoms with van der Waals surface area (Å²) in [6, 6.07) is 9.89. The summed E-state index contributed by atoms with van der Waals surface area (Å²) in [7, 11) is 0. The number of rotatable bonds is 2. The van der Waals surface area contributed by atoms with Crippen LogP contribution >= 0.6 is 11.3 Å². The van der Waals surface area contributed by atoms with E-state index in [0.717, 1.165) is 29.8 Å². The topological polar surface area (TPSA) is 46.1 Å². The number of pyridine rings is 1. The Bertz CT molecular complexity index is 891. The Morgan fingerprint density at radius 3 is 2.88 bits per heavy atom. The van der Waals surface area contributed by atoms with Gasteiger partial charge >= 0.3 is 0 Å². The van der Waals surface area contributed by atoms with Crippen LogP contribution in [0.5, 0.6) is 0 Å². The van der Waals surface area contributed by atoms with Crippen LogP contribution in [0.4, 0.5) is 10.1 Å². The van der Waals surface area contributed by atoms with Crippen molar-refractivity contribution in [3.63, 3.8) is 0 Å². The molecule has 0 saturated heterocycles. The highest BCUT2D eigenvalue weighted by molar-refractivity contribution is 7.13. The number of thiazole rings is 1. The monoisotopic (exact) mass is 339 g/mol. The lowest BCUT2D eigenvalue weighted by atomic mass is 10.1. The highest BCUT2D eigenvalue weighted by atomic mass is 32.1. The van der Waals surface area contributed by atoms with Crippen LogP contribution in [0.2, 0.25) is 0 Å². The molecule has 0 unspecified atom stereocenters. The lowest BCUT2D eigenvalue weighted by Gasteiger charge is -2.27. The van der Waals surface area contributed by atoms with Crippen LogP contribution < -0.4 is 4.90 Å². The van der Waals surface area contributed by atoms with Gasteiger partial charge in [-0.25, -0.2) is 9.37 Å². The molecular weight excluding hydrogens is 325 g/mol. The van der Waals surface area contributed by atoms with Crippen LogP contribution in [0.3, 0.4) is 0 Å². The Morgan fingerprint density at radius 2 is 2.04 bits per heavy atom. The van der Waals surface area contributed by atoms with Gasteiger partial charge in [-0.05, 0) is 49.2 Å². The number of anilines is 1. The zero-order chi connectivity index (χ0) is 16.5. The van der Waals surface area contributed by atoms with E-state index in [9.17, 15) is 9.18 Å². The van der Waals surface area contributed by atoms with Crippen molar-refractivity contribution in [3.8, 4) is 10.6 Å². The highest BCUT2D eigenvalue weighted by Gasteiger charge is 2.25. The van der Waals surface area contributed by atoms with Gasteiger partial charge in [0, 0.05) is 23.7 Å². The summed E-state index contributed by atoms with van der Waals surface area (Å²) >= 11 is 1.39. The maximum atomic E-state index is 13.0. The number of carbonyl (C=O) groups is 1. The fourth-order valence-electron chi connectivity index (χ4n) is 2.84. The minimum atomic E-state index is -0.288. The van der Waals surface area contributed by atoms with E-state index in [4.69, 9.17) is 0 Å². The van der Waals surface area contributed by atoms with Crippen molar-refractivity contribution in [1.29, 1.82) is 0 Å². The molecule has 0 radical (unpaired) electrons. The predicted molar refractivity (Wildman–Crippen MR) is 91.7 cm³/mol. The molecule has 1 aliphatic rings. The van der Waals surface area contributed by atoms with Gasteiger partial charge in [0.2, 0.25) is 0 Å². The van der Waals surface area contributed by atoms with Crippen molar-refractivity contribution < 1.29 is 9.18 Å². The molecule has 6 heteroatoms. The average molecular weight is 339 g/mol. The lowest BCUT2D eigenvalue weighted by molar-refractivity contribution is 0.0981. The molecule has 1 amide bonds. The van der Waals surface area contributed by atoms with E-state index in [1.165, 1.54) is 23.5 Å². The molecule has 120 valence electrons. The van der Waals surface area contributed by atoms with E-state index in [1.54, 1.807) is 28.6 Å². The smallest absolute Gasteiger partial charge is 0.277 e. The Hall–Kier alpha value is -2.60. The molecule has 0 N–H and O–H groups in total. The summed E-state index contributed by atoms with van der Waals surface area (Å²) in [4.78, 5) is 23.4. The molecule has 3 aromatic rings. The first-order valence-electron chi connectivity index (χ1n) is 7.69. The summed E-state index contributed by atoms with van der Waals surface area (Å²) < 4.78 is 13.0. The fraction of sp³-hybridized carbons (Fsp3) is 0.167. The molecule has 1 aliphatic heterocycles. The predicted octanol–water partition coefficient (Wildman–Crippen LogP) is 3.94. The molecule has 4 nitrogen and oxygen atoms in total. The Labute approximate surface area is 142 Å². The summed E-state index contributed by atoms with van der Waals surface area (Å²) in [5.41, 5.74) is 3.04. The van der Waals surface area contributed by atoms with Crippen molar-refractivity contribution in [2.75, 3.05) is 11.4 Å². The summed E-state index contributed by atoms with van der Waals surface area (Å²) in [5, 5.41) is 2.47. The van der Waals surface area contributed by atoms with Gasteiger partial charge < -0.3 is 4.90 Å². The summed E-state index contributed by atoms with van der Waals surface area (Å²) in [5.74, 6) is -0.405. The first-order chi connectivity index (χ1) is 11.7. The van der Waals surface area contributed by atoms with E-state index in [2.05, 4.69) is 9.97 Å². The van der Waals surface area contributed by atoms with Crippen molar-refractivity contribution in [2.45, 2.75) is 12.8 Å². The molecule has 24 heavy (non-hydrogen) atoms. The summed E-state index contributed by atoms with van der Waals surface area (Å²) in [6.45, 7) is 0.668. The van der Waals surface area contributed by atoms with Gasteiger partial charge in [0.05, 0.1) is 11.4 Å². The molecule has 0 fully saturated rings. The van der Waals surface area contributed by atoms with Crippen LogP contribution in [-0.4, -0.2) is 22.4 Å². The Morgan fingerprint density at radius 1 is 1.21 bits per heavy atom. The molecule has 0 atom stereocenters. The number of nitrogens with zero attached hydrogens (tertiary/aromatic N) is 3. The maximum absolute atomic E-state index is 13.0. The van der Waals surface area contributed by atoms with Gasteiger partial charge in [0.1, 0.15) is 16.5 Å². The van der Waals surface area contributed by atoms with Gasteiger partial charge in [-0.1, -0.05) is 0 Å². The number of benzene rings is 1. The number of amides is 1. The van der Waals surface area contributed by atoms with Crippen molar-refractivity contribution in [2.24, 2.45) is 0 Å². The molecule has 0 spiro atoms. The van der Waals surface area contributed by atoms with Gasteiger partial charge in [0.15, 0.2) is 0 Å². The van der Waals surface area contributed by atoms with Crippen LogP contribution in [0.1, 0.15) is 22.6 Å². The fourth-order valence-corrected chi connectivity index (χ4v) is 3.64. The van der Waals surface area contributed by atoms with Crippen LogP contribution in [0.15, 0.2) is 48.0 Å². The van der Waals surface area contributed by atoms with Crippen molar-refractivity contribution >= 4 is 22.9 Å². The molecule has 0 saturated carbocycles. The van der Waals surface area contributed by atoms with Gasteiger partial charge in [-0.2, -0.15) is 0 Å². The molecule has 2 aromatic heterocycles. The third-order valence-electron chi connectivity index (χ3n) is 4.01. The van der Waals surface area contributed by atoms with Crippen LogP contribution in [-0.2, 0) is 6.42 Å². The molecule has 3 heterocycles.